The minimum atomic E-state index is 0.474. The molecule has 0 bridgehead atoms. The lowest BCUT2D eigenvalue weighted by Crippen LogP contribution is -2.20. The van der Waals surface area contributed by atoms with Gasteiger partial charge in [0.15, 0.2) is 0 Å². The first-order valence-corrected chi connectivity index (χ1v) is 5.97. The Morgan fingerprint density at radius 3 is 2.65 bits per heavy atom. The van der Waals surface area contributed by atoms with Crippen LogP contribution in [-0.4, -0.2) is 23.1 Å². The van der Waals surface area contributed by atoms with E-state index >= 15 is 0 Å². The summed E-state index contributed by atoms with van der Waals surface area (Å²) < 4.78 is 2.09. The van der Waals surface area contributed by atoms with E-state index in [0.29, 0.717) is 5.92 Å². The quantitative estimate of drug-likeness (QED) is 0.849. The molecule has 0 saturated heterocycles. The topological polar surface area (TPSA) is 29.9 Å². The lowest BCUT2D eigenvalue weighted by atomic mass is 9.95. The number of hydrogen-bond donors (Lipinski definition) is 1. The molecule has 1 unspecified atom stereocenters. The average Bonchev–Trinajstić information content (AvgIpc) is 2.76. The van der Waals surface area contributed by atoms with Crippen molar-refractivity contribution in [2.24, 2.45) is 7.05 Å². The van der Waals surface area contributed by atoms with Gasteiger partial charge in [-0.05, 0) is 12.6 Å². The third-order valence-electron chi connectivity index (χ3n) is 3.07. The third kappa shape index (κ3) is 2.94. The van der Waals surface area contributed by atoms with Crippen molar-refractivity contribution < 1.29 is 0 Å². The molecule has 3 nitrogen and oxygen atoms in total. The lowest BCUT2D eigenvalue weighted by Gasteiger charge is -2.16. The van der Waals surface area contributed by atoms with Gasteiger partial charge in [-0.3, -0.25) is 0 Å². The molecule has 3 heteroatoms. The van der Waals surface area contributed by atoms with Crippen LogP contribution in [0, 0.1) is 0 Å². The number of nitrogens with one attached hydrogen (secondary N) is 1. The zero-order valence-electron chi connectivity index (χ0n) is 10.4. The summed E-state index contributed by atoms with van der Waals surface area (Å²) in [6, 6.07) is 10.6. The van der Waals surface area contributed by atoms with Gasteiger partial charge in [0.25, 0.3) is 0 Å². The first-order valence-electron chi connectivity index (χ1n) is 5.97. The van der Waals surface area contributed by atoms with Gasteiger partial charge in [-0.25, -0.2) is 4.98 Å². The molecule has 1 heterocycles. The van der Waals surface area contributed by atoms with Gasteiger partial charge in [-0.2, -0.15) is 0 Å². The Morgan fingerprint density at radius 2 is 2.06 bits per heavy atom. The Hall–Kier alpha value is -1.61. The zero-order valence-corrected chi connectivity index (χ0v) is 10.4. The summed E-state index contributed by atoms with van der Waals surface area (Å²) in [6.45, 7) is 0.969. The van der Waals surface area contributed by atoms with E-state index < -0.39 is 0 Å². The predicted octanol–water partition coefficient (Wildman–Crippen LogP) is 1.97. The summed E-state index contributed by atoms with van der Waals surface area (Å²) in [4.78, 5) is 4.40. The minimum absolute atomic E-state index is 0.474. The number of aromatic nitrogens is 2. The second-order valence-corrected chi connectivity index (χ2v) is 4.32. The standard InChI is InChI=1S/C14H19N3/c1-15-11-13(12-6-4-3-5-7-12)10-14-16-8-9-17(14)2/h3-9,13,15H,10-11H2,1-2H3. The molecule has 1 N–H and O–H groups in total. The first kappa shape index (κ1) is 11.9. The van der Waals surface area contributed by atoms with E-state index in [4.69, 9.17) is 0 Å². The maximum atomic E-state index is 4.40. The molecule has 1 aromatic heterocycles. The van der Waals surface area contributed by atoms with Crippen molar-refractivity contribution in [1.82, 2.24) is 14.9 Å². The monoisotopic (exact) mass is 229 g/mol. The van der Waals surface area contributed by atoms with Crippen LogP contribution in [0.4, 0.5) is 0 Å². The number of rotatable bonds is 5. The molecule has 1 atom stereocenters. The number of hydrogen-bond acceptors (Lipinski definition) is 2. The molecular formula is C14H19N3. The van der Waals surface area contributed by atoms with E-state index in [-0.39, 0.29) is 0 Å². The van der Waals surface area contributed by atoms with Gasteiger partial charge in [0.05, 0.1) is 0 Å². The molecule has 0 aliphatic heterocycles. The van der Waals surface area contributed by atoms with Crippen molar-refractivity contribution in [1.29, 1.82) is 0 Å². The summed E-state index contributed by atoms with van der Waals surface area (Å²) in [6.07, 6.45) is 4.82. The molecule has 0 spiro atoms. The van der Waals surface area contributed by atoms with Crippen LogP contribution in [0.15, 0.2) is 42.7 Å². The Balaban J connectivity index is 2.16. The fourth-order valence-corrected chi connectivity index (χ4v) is 2.09. The van der Waals surface area contributed by atoms with Crippen LogP contribution in [0.5, 0.6) is 0 Å². The molecule has 2 rings (SSSR count). The van der Waals surface area contributed by atoms with Crippen LogP contribution in [0.2, 0.25) is 0 Å². The second kappa shape index (κ2) is 5.64. The van der Waals surface area contributed by atoms with Crippen LogP contribution in [0.25, 0.3) is 0 Å². The van der Waals surface area contributed by atoms with Crippen LogP contribution < -0.4 is 5.32 Å². The van der Waals surface area contributed by atoms with Gasteiger partial charge in [-0.1, -0.05) is 30.3 Å². The third-order valence-corrected chi connectivity index (χ3v) is 3.07. The van der Waals surface area contributed by atoms with Crippen molar-refractivity contribution in [3.63, 3.8) is 0 Å². The van der Waals surface area contributed by atoms with E-state index in [2.05, 4.69) is 45.2 Å². The zero-order chi connectivity index (χ0) is 12.1. The molecule has 17 heavy (non-hydrogen) atoms. The molecule has 0 radical (unpaired) electrons. The van der Waals surface area contributed by atoms with Gasteiger partial charge < -0.3 is 9.88 Å². The summed E-state index contributed by atoms with van der Waals surface area (Å²) in [5, 5.41) is 3.26. The minimum Gasteiger partial charge on any atom is -0.338 e. The Morgan fingerprint density at radius 1 is 1.29 bits per heavy atom. The number of aryl methyl sites for hydroxylation is 1. The number of nitrogens with zero attached hydrogens (tertiary/aromatic N) is 2. The summed E-state index contributed by atoms with van der Waals surface area (Å²) >= 11 is 0. The second-order valence-electron chi connectivity index (χ2n) is 4.32. The van der Waals surface area contributed by atoms with Crippen LogP contribution >= 0.6 is 0 Å². The summed E-state index contributed by atoms with van der Waals surface area (Å²) in [7, 11) is 4.04. The van der Waals surface area contributed by atoms with E-state index in [9.17, 15) is 0 Å². The summed E-state index contributed by atoms with van der Waals surface area (Å²) in [5.41, 5.74) is 1.37. The molecule has 0 aliphatic rings. The maximum absolute atomic E-state index is 4.40. The molecule has 2 aromatic rings. The predicted molar refractivity (Wildman–Crippen MR) is 70.0 cm³/mol. The van der Waals surface area contributed by atoms with Crippen molar-refractivity contribution in [2.45, 2.75) is 12.3 Å². The molecule has 0 fully saturated rings. The Bertz CT molecular complexity index is 448. The van der Waals surface area contributed by atoms with Gasteiger partial charge in [-0.15, -0.1) is 0 Å². The van der Waals surface area contributed by atoms with E-state index in [1.54, 1.807) is 0 Å². The number of likely N-dealkylation sites (N-methyl/N-ethyl adjacent to an activating group) is 1. The number of benzene rings is 1. The first-order chi connectivity index (χ1) is 8.31. The van der Waals surface area contributed by atoms with Crippen LogP contribution in [-0.2, 0) is 13.5 Å². The maximum Gasteiger partial charge on any atom is 0.109 e. The summed E-state index contributed by atoms with van der Waals surface area (Å²) in [5.74, 6) is 1.61. The molecule has 90 valence electrons. The van der Waals surface area contributed by atoms with E-state index in [1.165, 1.54) is 5.56 Å². The molecule has 0 saturated carbocycles. The highest BCUT2D eigenvalue weighted by atomic mass is 15.0. The average molecular weight is 229 g/mol. The molecule has 0 amide bonds. The van der Waals surface area contributed by atoms with Gasteiger partial charge in [0.1, 0.15) is 5.82 Å². The Labute approximate surface area is 103 Å². The highest BCUT2D eigenvalue weighted by molar-refractivity contribution is 5.21. The van der Waals surface area contributed by atoms with Crippen molar-refractivity contribution in [3.05, 3.63) is 54.1 Å². The van der Waals surface area contributed by atoms with E-state index in [0.717, 1.165) is 18.8 Å². The normalized spacial score (nSPS) is 12.6. The smallest absolute Gasteiger partial charge is 0.109 e. The van der Waals surface area contributed by atoms with Gasteiger partial charge in [0.2, 0.25) is 0 Å². The van der Waals surface area contributed by atoms with Crippen molar-refractivity contribution in [2.75, 3.05) is 13.6 Å². The van der Waals surface area contributed by atoms with E-state index in [1.807, 2.05) is 26.5 Å². The Kier molecular flexibility index (Phi) is 3.94. The number of imidazole rings is 1. The fraction of sp³-hybridized carbons (Fsp3) is 0.357. The fourth-order valence-electron chi connectivity index (χ4n) is 2.09. The van der Waals surface area contributed by atoms with Crippen LogP contribution in [0.3, 0.4) is 0 Å². The van der Waals surface area contributed by atoms with Crippen molar-refractivity contribution in [3.8, 4) is 0 Å². The molecule has 0 aliphatic carbocycles. The molecular weight excluding hydrogens is 210 g/mol. The van der Waals surface area contributed by atoms with Crippen molar-refractivity contribution >= 4 is 0 Å². The van der Waals surface area contributed by atoms with Crippen LogP contribution in [0.1, 0.15) is 17.3 Å². The largest absolute Gasteiger partial charge is 0.338 e. The lowest BCUT2D eigenvalue weighted by molar-refractivity contribution is 0.596. The SMILES string of the molecule is CNCC(Cc1nccn1C)c1ccccc1. The highest BCUT2D eigenvalue weighted by Crippen LogP contribution is 2.19. The van der Waals surface area contributed by atoms with Gasteiger partial charge >= 0.3 is 0 Å². The van der Waals surface area contributed by atoms with Gasteiger partial charge in [0, 0.05) is 38.3 Å². The molecule has 1 aromatic carbocycles. The highest BCUT2D eigenvalue weighted by Gasteiger charge is 2.13.